The first-order valence-corrected chi connectivity index (χ1v) is 5.13. The Morgan fingerprint density at radius 3 is 2.44 bits per heavy atom. The first-order chi connectivity index (χ1) is 8.15. The molecule has 0 aliphatic heterocycles. The molecule has 1 rings (SSSR count). The number of carbonyl (C=O) groups is 1. The number of nitrogens with one attached hydrogen (secondary N) is 1. The van der Waals surface area contributed by atoms with Crippen LogP contribution in [0.2, 0.25) is 0 Å². The topological polar surface area (TPSA) is 29.1 Å². The molecular weight excluding hydrogens is 243 g/mol. The van der Waals surface area contributed by atoms with Gasteiger partial charge in [-0.05, 0) is 32.0 Å². The van der Waals surface area contributed by atoms with Gasteiger partial charge in [0.05, 0.1) is 11.1 Å². The van der Waals surface area contributed by atoms with Crippen LogP contribution in [-0.2, 0) is 6.18 Å². The van der Waals surface area contributed by atoms with Crippen LogP contribution in [0.5, 0.6) is 0 Å². The van der Waals surface area contributed by atoms with Crippen molar-refractivity contribution in [2.24, 2.45) is 0 Å². The van der Waals surface area contributed by atoms with Crippen LogP contribution in [0.15, 0.2) is 24.3 Å². The highest BCUT2D eigenvalue weighted by molar-refractivity contribution is 5.95. The predicted octanol–water partition coefficient (Wildman–Crippen LogP) is 2.85. The minimum Gasteiger partial charge on any atom is -0.336 e. The maximum atomic E-state index is 12.5. The molecule has 0 heterocycles. The smallest absolute Gasteiger partial charge is 0.336 e. The Balaban J connectivity index is 2.99. The zero-order valence-electron chi connectivity index (χ0n) is 9.93. The molecule has 18 heavy (non-hydrogen) atoms. The molecule has 0 atom stereocenters. The summed E-state index contributed by atoms with van der Waals surface area (Å²) in [5.41, 5.74) is -1.85. The van der Waals surface area contributed by atoms with E-state index in [9.17, 15) is 18.0 Å². The fraction of sp³-hybridized carbons (Fsp3) is 0.308. The molecule has 5 heteroatoms. The van der Waals surface area contributed by atoms with Gasteiger partial charge in [0.25, 0.3) is 5.91 Å². The van der Waals surface area contributed by atoms with Gasteiger partial charge < -0.3 is 5.32 Å². The quantitative estimate of drug-likeness (QED) is 0.809. The minimum atomic E-state index is -4.47. The molecule has 0 aliphatic rings. The summed E-state index contributed by atoms with van der Waals surface area (Å²) >= 11 is 0. The second-order valence-electron chi connectivity index (χ2n) is 4.30. The lowest BCUT2D eigenvalue weighted by atomic mass is 10.0. The summed E-state index contributed by atoms with van der Waals surface area (Å²) in [6.45, 7) is 3.16. The van der Waals surface area contributed by atoms with Crippen LogP contribution in [0, 0.1) is 12.3 Å². The van der Waals surface area contributed by atoms with Crippen LogP contribution in [0.4, 0.5) is 13.2 Å². The maximum absolute atomic E-state index is 12.5. The number of alkyl halides is 3. The molecule has 0 saturated heterocycles. The summed E-state index contributed by atoms with van der Waals surface area (Å²) in [7, 11) is 0. The number of halogens is 3. The summed E-state index contributed by atoms with van der Waals surface area (Å²) in [5, 5.41) is 2.46. The number of rotatable bonds is 2. The Morgan fingerprint density at radius 2 is 1.94 bits per heavy atom. The molecule has 0 aliphatic carbocycles. The van der Waals surface area contributed by atoms with Crippen LogP contribution >= 0.6 is 0 Å². The molecule has 96 valence electrons. The Morgan fingerprint density at radius 1 is 1.33 bits per heavy atom. The molecule has 0 aromatic heterocycles. The van der Waals surface area contributed by atoms with E-state index < -0.39 is 23.2 Å². The van der Waals surface area contributed by atoms with Gasteiger partial charge in [0.1, 0.15) is 0 Å². The Hall–Kier alpha value is -1.96. The maximum Gasteiger partial charge on any atom is 0.416 e. The third kappa shape index (κ3) is 3.52. The molecule has 0 bridgehead atoms. The third-order valence-corrected chi connectivity index (χ3v) is 2.24. The Kier molecular flexibility index (Phi) is 3.70. The summed E-state index contributed by atoms with van der Waals surface area (Å²) in [4.78, 5) is 11.7. The van der Waals surface area contributed by atoms with E-state index in [1.807, 2.05) is 0 Å². The summed E-state index contributed by atoms with van der Waals surface area (Å²) in [6.07, 6.45) is 0.713. The van der Waals surface area contributed by atoms with Gasteiger partial charge in [-0.25, -0.2) is 0 Å². The first kappa shape index (κ1) is 14.1. The highest BCUT2D eigenvalue weighted by atomic mass is 19.4. The number of amides is 1. The zero-order chi connectivity index (χ0) is 14.0. The molecule has 1 aromatic rings. The van der Waals surface area contributed by atoms with Crippen molar-refractivity contribution in [1.29, 1.82) is 0 Å². The number of benzene rings is 1. The van der Waals surface area contributed by atoms with E-state index in [1.165, 1.54) is 12.1 Å². The first-order valence-electron chi connectivity index (χ1n) is 5.13. The molecule has 1 amide bonds. The lowest BCUT2D eigenvalue weighted by molar-refractivity contribution is -0.137. The minimum absolute atomic E-state index is 0.0758. The molecule has 0 spiro atoms. The largest absolute Gasteiger partial charge is 0.416 e. The Labute approximate surface area is 103 Å². The summed E-state index contributed by atoms with van der Waals surface area (Å²) < 4.78 is 37.4. The number of hydrogen-bond acceptors (Lipinski definition) is 1. The van der Waals surface area contributed by atoms with E-state index in [1.54, 1.807) is 13.8 Å². The molecule has 2 nitrogen and oxygen atoms in total. The second-order valence-corrected chi connectivity index (χ2v) is 4.30. The van der Waals surface area contributed by atoms with Crippen LogP contribution < -0.4 is 5.32 Å². The van der Waals surface area contributed by atoms with E-state index in [4.69, 9.17) is 6.42 Å². The highest BCUT2D eigenvalue weighted by Gasteiger charge is 2.31. The molecule has 1 aromatic carbocycles. The van der Waals surface area contributed by atoms with Crippen LogP contribution in [-0.4, -0.2) is 11.4 Å². The molecule has 1 N–H and O–H groups in total. The van der Waals surface area contributed by atoms with Crippen molar-refractivity contribution >= 4 is 5.91 Å². The van der Waals surface area contributed by atoms with E-state index in [-0.39, 0.29) is 5.56 Å². The van der Waals surface area contributed by atoms with E-state index >= 15 is 0 Å². The van der Waals surface area contributed by atoms with Gasteiger partial charge in [-0.15, -0.1) is 6.42 Å². The normalized spacial score (nSPS) is 11.8. The van der Waals surface area contributed by atoms with Gasteiger partial charge in [0, 0.05) is 5.56 Å². The fourth-order valence-electron chi connectivity index (χ4n) is 1.23. The van der Waals surface area contributed by atoms with Gasteiger partial charge in [-0.1, -0.05) is 12.0 Å². The van der Waals surface area contributed by atoms with Crippen LogP contribution in [0.1, 0.15) is 29.8 Å². The van der Waals surface area contributed by atoms with Crippen molar-refractivity contribution < 1.29 is 18.0 Å². The molecular formula is C13H12F3NO. The van der Waals surface area contributed by atoms with Crippen molar-refractivity contribution in [3.05, 3.63) is 35.4 Å². The summed E-state index contributed by atoms with van der Waals surface area (Å²) in [5.74, 6) is 1.70. The van der Waals surface area contributed by atoms with Gasteiger partial charge in [0.15, 0.2) is 0 Å². The van der Waals surface area contributed by atoms with Gasteiger partial charge in [-0.3, -0.25) is 4.79 Å². The van der Waals surface area contributed by atoms with E-state index in [0.717, 1.165) is 12.1 Å². The average molecular weight is 255 g/mol. The molecule has 0 fully saturated rings. The third-order valence-electron chi connectivity index (χ3n) is 2.24. The standard InChI is InChI=1S/C13H12F3NO/c1-4-12(2,3)17-11(18)9-6-5-7-10(8-9)13(14,15)16/h1,5-8H,2-3H3,(H,17,18). The monoisotopic (exact) mass is 255 g/mol. The lowest BCUT2D eigenvalue weighted by Gasteiger charge is -2.19. The molecule has 0 radical (unpaired) electrons. The van der Waals surface area contributed by atoms with Crippen molar-refractivity contribution in [2.75, 3.05) is 0 Å². The SMILES string of the molecule is C#CC(C)(C)NC(=O)c1cccc(C(F)(F)F)c1. The van der Waals surface area contributed by atoms with Gasteiger partial charge >= 0.3 is 6.18 Å². The fourth-order valence-corrected chi connectivity index (χ4v) is 1.23. The van der Waals surface area contributed by atoms with Crippen LogP contribution in [0.3, 0.4) is 0 Å². The number of hydrogen-bond donors (Lipinski definition) is 1. The van der Waals surface area contributed by atoms with Crippen LogP contribution in [0.25, 0.3) is 0 Å². The van der Waals surface area contributed by atoms with Gasteiger partial charge in [0.2, 0.25) is 0 Å². The van der Waals surface area contributed by atoms with Crippen molar-refractivity contribution in [2.45, 2.75) is 25.6 Å². The number of carbonyl (C=O) groups excluding carboxylic acids is 1. The van der Waals surface area contributed by atoms with E-state index in [2.05, 4.69) is 11.2 Å². The average Bonchev–Trinajstić information content (AvgIpc) is 2.27. The van der Waals surface area contributed by atoms with Crippen molar-refractivity contribution in [3.63, 3.8) is 0 Å². The van der Waals surface area contributed by atoms with Gasteiger partial charge in [-0.2, -0.15) is 13.2 Å². The van der Waals surface area contributed by atoms with Crippen molar-refractivity contribution in [1.82, 2.24) is 5.32 Å². The highest BCUT2D eigenvalue weighted by Crippen LogP contribution is 2.29. The molecule has 0 unspecified atom stereocenters. The van der Waals surface area contributed by atoms with Crippen molar-refractivity contribution in [3.8, 4) is 12.3 Å². The lowest BCUT2D eigenvalue weighted by Crippen LogP contribution is -2.42. The number of terminal acetylenes is 1. The Bertz CT molecular complexity index is 498. The van der Waals surface area contributed by atoms with E-state index in [0.29, 0.717) is 0 Å². The zero-order valence-corrected chi connectivity index (χ0v) is 9.93. The second kappa shape index (κ2) is 4.73. The predicted molar refractivity (Wildman–Crippen MR) is 61.8 cm³/mol. The molecule has 0 saturated carbocycles. The summed E-state index contributed by atoms with van der Waals surface area (Å²) in [6, 6.07) is 4.18.